The SMILES string of the molecule is COc1ccc(CN2C(=O)CNC(=O)[C@@H]2C)cc1. The van der Waals surface area contributed by atoms with Gasteiger partial charge in [0, 0.05) is 6.54 Å². The summed E-state index contributed by atoms with van der Waals surface area (Å²) in [6.45, 7) is 2.26. The Hall–Kier alpha value is -2.04. The summed E-state index contributed by atoms with van der Waals surface area (Å²) in [4.78, 5) is 24.9. The highest BCUT2D eigenvalue weighted by Crippen LogP contribution is 2.15. The molecule has 0 unspecified atom stereocenters. The van der Waals surface area contributed by atoms with Crippen molar-refractivity contribution in [1.82, 2.24) is 10.2 Å². The van der Waals surface area contributed by atoms with Crippen molar-refractivity contribution in [2.45, 2.75) is 19.5 Å². The Kier molecular flexibility index (Phi) is 3.50. The fourth-order valence-corrected chi connectivity index (χ4v) is 1.92. The Morgan fingerprint density at radius 1 is 1.33 bits per heavy atom. The minimum absolute atomic E-state index is 0.0575. The molecule has 2 rings (SSSR count). The van der Waals surface area contributed by atoms with E-state index in [1.807, 2.05) is 24.3 Å². The number of methoxy groups -OCH3 is 1. The smallest absolute Gasteiger partial charge is 0.242 e. The van der Waals surface area contributed by atoms with E-state index in [9.17, 15) is 9.59 Å². The van der Waals surface area contributed by atoms with Crippen LogP contribution in [0.2, 0.25) is 0 Å². The highest BCUT2D eigenvalue weighted by atomic mass is 16.5. The molecule has 1 fully saturated rings. The second-order valence-corrected chi connectivity index (χ2v) is 4.26. The molecular weight excluding hydrogens is 232 g/mol. The van der Waals surface area contributed by atoms with Gasteiger partial charge in [0.1, 0.15) is 11.8 Å². The number of nitrogens with zero attached hydrogens (tertiary/aromatic N) is 1. The molecule has 1 aliphatic rings. The molecule has 0 spiro atoms. The summed E-state index contributed by atoms with van der Waals surface area (Å²) in [6, 6.07) is 7.05. The first-order valence-corrected chi connectivity index (χ1v) is 5.82. The van der Waals surface area contributed by atoms with Crippen molar-refractivity contribution in [3.8, 4) is 5.75 Å². The molecular formula is C13H16N2O3. The number of benzene rings is 1. The third-order valence-electron chi connectivity index (χ3n) is 3.09. The summed E-state index contributed by atoms with van der Waals surface area (Å²) in [5.41, 5.74) is 0.978. The lowest BCUT2D eigenvalue weighted by Gasteiger charge is -2.32. The van der Waals surface area contributed by atoms with Crippen LogP contribution in [0.1, 0.15) is 12.5 Å². The molecule has 96 valence electrons. The van der Waals surface area contributed by atoms with Gasteiger partial charge < -0.3 is 15.0 Å². The number of carbonyl (C=O) groups is 2. The predicted molar refractivity (Wildman–Crippen MR) is 66.0 cm³/mol. The molecule has 2 amide bonds. The molecule has 0 bridgehead atoms. The van der Waals surface area contributed by atoms with Gasteiger partial charge in [-0.25, -0.2) is 0 Å². The van der Waals surface area contributed by atoms with E-state index in [0.29, 0.717) is 6.54 Å². The zero-order chi connectivity index (χ0) is 13.1. The third-order valence-corrected chi connectivity index (χ3v) is 3.09. The maximum atomic E-state index is 11.8. The zero-order valence-corrected chi connectivity index (χ0v) is 10.5. The molecule has 1 heterocycles. The van der Waals surface area contributed by atoms with E-state index in [-0.39, 0.29) is 18.4 Å². The lowest BCUT2D eigenvalue weighted by molar-refractivity contribution is -0.145. The average Bonchev–Trinajstić information content (AvgIpc) is 2.40. The van der Waals surface area contributed by atoms with Gasteiger partial charge in [-0.2, -0.15) is 0 Å². The van der Waals surface area contributed by atoms with Gasteiger partial charge in [-0.15, -0.1) is 0 Å². The molecule has 5 nitrogen and oxygen atoms in total. The molecule has 1 aromatic rings. The number of hydrogen-bond donors (Lipinski definition) is 1. The van der Waals surface area contributed by atoms with Gasteiger partial charge in [-0.1, -0.05) is 12.1 Å². The molecule has 1 N–H and O–H groups in total. The fraction of sp³-hybridized carbons (Fsp3) is 0.385. The van der Waals surface area contributed by atoms with Gasteiger partial charge in [0.15, 0.2) is 0 Å². The van der Waals surface area contributed by atoms with Gasteiger partial charge in [-0.3, -0.25) is 9.59 Å². The van der Waals surface area contributed by atoms with Crippen LogP contribution in [0, 0.1) is 0 Å². The summed E-state index contributed by atoms with van der Waals surface area (Å²) in [6.07, 6.45) is 0. The van der Waals surface area contributed by atoms with E-state index >= 15 is 0 Å². The van der Waals surface area contributed by atoms with E-state index in [1.54, 1.807) is 18.9 Å². The van der Waals surface area contributed by atoms with E-state index < -0.39 is 6.04 Å². The first-order valence-electron chi connectivity index (χ1n) is 5.82. The molecule has 1 aromatic carbocycles. The normalized spacial score (nSPS) is 19.7. The zero-order valence-electron chi connectivity index (χ0n) is 10.5. The van der Waals surface area contributed by atoms with Crippen LogP contribution in [-0.2, 0) is 16.1 Å². The van der Waals surface area contributed by atoms with Crippen LogP contribution in [0.15, 0.2) is 24.3 Å². The van der Waals surface area contributed by atoms with Crippen LogP contribution in [0.25, 0.3) is 0 Å². The highest BCUT2D eigenvalue weighted by Gasteiger charge is 2.30. The first kappa shape index (κ1) is 12.4. The van der Waals surface area contributed by atoms with Crippen LogP contribution >= 0.6 is 0 Å². The van der Waals surface area contributed by atoms with Crippen LogP contribution in [0.5, 0.6) is 5.75 Å². The molecule has 18 heavy (non-hydrogen) atoms. The maximum absolute atomic E-state index is 11.8. The molecule has 0 aliphatic carbocycles. The lowest BCUT2D eigenvalue weighted by Crippen LogP contribution is -2.56. The summed E-state index contributed by atoms with van der Waals surface area (Å²) >= 11 is 0. The van der Waals surface area contributed by atoms with Crippen LogP contribution in [0.3, 0.4) is 0 Å². The second-order valence-electron chi connectivity index (χ2n) is 4.26. The van der Waals surface area contributed by atoms with Crippen molar-refractivity contribution in [3.63, 3.8) is 0 Å². The van der Waals surface area contributed by atoms with Crippen LogP contribution in [-0.4, -0.2) is 36.4 Å². The Bertz CT molecular complexity index is 456. The number of rotatable bonds is 3. The number of carbonyl (C=O) groups excluding carboxylic acids is 2. The number of amides is 2. The van der Waals surface area contributed by atoms with Gasteiger partial charge >= 0.3 is 0 Å². The van der Waals surface area contributed by atoms with E-state index in [4.69, 9.17) is 4.74 Å². The summed E-state index contributed by atoms with van der Waals surface area (Å²) in [5, 5.41) is 2.57. The predicted octanol–water partition coefficient (Wildman–Crippen LogP) is 0.542. The van der Waals surface area contributed by atoms with E-state index in [0.717, 1.165) is 11.3 Å². The molecule has 1 aliphatic heterocycles. The number of ether oxygens (including phenoxy) is 1. The minimum Gasteiger partial charge on any atom is -0.497 e. The molecule has 0 saturated carbocycles. The topological polar surface area (TPSA) is 58.6 Å². The first-order chi connectivity index (χ1) is 8.61. The van der Waals surface area contributed by atoms with Crippen LogP contribution < -0.4 is 10.1 Å². The van der Waals surface area contributed by atoms with Crippen molar-refractivity contribution < 1.29 is 14.3 Å². The standard InChI is InChI=1S/C13H16N2O3/c1-9-13(17)14-7-12(16)15(9)8-10-3-5-11(18-2)6-4-10/h3-6,9H,7-8H2,1-2H3,(H,14,17)/t9-/m0/s1. The highest BCUT2D eigenvalue weighted by molar-refractivity contribution is 5.94. The van der Waals surface area contributed by atoms with Crippen molar-refractivity contribution in [2.75, 3.05) is 13.7 Å². The molecule has 0 aromatic heterocycles. The van der Waals surface area contributed by atoms with Gasteiger partial charge in [0.05, 0.1) is 13.7 Å². The van der Waals surface area contributed by atoms with Crippen molar-refractivity contribution in [2.24, 2.45) is 0 Å². The Morgan fingerprint density at radius 2 is 2.00 bits per heavy atom. The third kappa shape index (κ3) is 2.45. The summed E-state index contributed by atoms with van der Waals surface area (Å²) in [5.74, 6) is 0.607. The Labute approximate surface area is 106 Å². The maximum Gasteiger partial charge on any atom is 0.242 e. The Balaban J connectivity index is 2.11. The minimum atomic E-state index is -0.423. The van der Waals surface area contributed by atoms with E-state index in [2.05, 4.69) is 5.32 Å². The van der Waals surface area contributed by atoms with Crippen molar-refractivity contribution >= 4 is 11.8 Å². The van der Waals surface area contributed by atoms with Gasteiger partial charge in [0.2, 0.25) is 11.8 Å². The van der Waals surface area contributed by atoms with E-state index in [1.165, 1.54) is 0 Å². The monoisotopic (exact) mass is 248 g/mol. The molecule has 0 radical (unpaired) electrons. The lowest BCUT2D eigenvalue weighted by atomic mass is 10.1. The van der Waals surface area contributed by atoms with Crippen molar-refractivity contribution in [3.05, 3.63) is 29.8 Å². The average molecular weight is 248 g/mol. The van der Waals surface area contributed by atoms with Gasteiger partial charge in [0.25, 0.3) is 0 Å². The van der Waals surface area contributed by atoms with Crippen LogP contribution in [0.4, 0.5) is 0 Å². The summed E-state index contributed by atoms with van der Waals surface area (Å²) < 4.78 is 5.07. The fourth-order valence-electron chi connectivity index (χ4n) is 1.92. The summed E-state index contributed by atoms with van der Waals surface area (Å²) in [7, 11) is 1.61. The second kappa shape index (κ2) is 5.08. The van der Waals surface area contributed by atoms with Crippen molar-refractivity contribution in [1.29, 1.82) is 0 Å². The number of hydrogen-bond acceptors (Lipinski definition) is 3. The van der Waals surface area contributed by atoms with Gasteiger partial charge in [-0.05, 0) is 24.6 Å². The molecule has 5 heteroatoms. The Morgan fingerprint density at radius 3 is 2.61 bits per heavy atom. The largest absolute Gasteiger partial charge is 0.497 e. The number of piperazine rings is 1. The quantitative estimate of drug-likeness (QED) is 0.849. The molecule has 1 saturated heterocycles. The number of nitrogens with one attached hydrogen (secondary N) is 1. The molecule has 1 atom stereocenters.